The van der Waals surface area contributed by atoms with Gasteiger partial charge >= 0.3 is 5.97 Å². The molecule has 0 aliphatic rings. The topological polar surface area (TPSA) is 73.6 Å². The molecule has 6 nitrogen and oxygen atoms in total. The molecule has 144 valence electrons. The number of benzene rings is 1. The second kappa shape index (κ2) is 7.31. The van der Waals surface area contributed by atoms with Gasteiger partial charge in [-0.05, 0) is 43.2 Å². The van der Waals surface area contributed by atoms with E-state index in [1.54, 1.807) is 16.6 Å². The van der Waals surface area contributed by atoms with Crippen molar-refractivity contribution in [2.75, 3.05) is 7.11 Å². The Bertz CT molecular complexity index is 1240. The van der Waals surface area contributed by atoms with Crippen molar-refractivity contribution in [3.05, 3.63) is 88.9 Å². The van der Waals surface area contributed by atoms with Crippen LogP contribution >= 0.6 is 0 Å². The molecular formula is C23H19N3O3. The summed E-state index contributed by atoms with van der Waals surface area (Å²) in [5, 5.41) is 4.66. The summed E-state index contributed by atoms with van der Waals surface area (Å²) in [7, 11) is 1.29. The maximum atomic E-state index is 13.5. The van der Waals surface area contributed by atoms with Crippen molar-refractivity contribution in [3.63, 3.8) is 0 Å². The van der Waals surface area contributed by atoms with Gasteiger partial charge in [-0.3, -0.25) is 4.79 Å². The normalized spacial score (nSPS) is 10.9. The number of hydrogen-bond donors (Lipinski definition) is 0. The Morgan fingerprint density at radius 1 is 0.931 bits per heavy atom. The van der Waals surface area contributed by atoms with Crippen LogP contribution in [0, 0.1) is 13.8 Å². The molecule has 6 heteroatoms. The molecule has 0 saturated heterocycles. The van der Waals surface area contributed by atoms with E-state index in [1.807, 2.05) is 62.5 Å². The number of aryl methyl sites for hydroxylation is 2. The summed E-state index contributed by atoms with van der Waals surface area (Å²) >= 11 is 0. The van der Waals surface area contributed by atoms with Crippen LogP contribution < -0.4 is 0 Å². The van der Waals surface area contributed by atoms with E-state index >= 15 is 0 Å². The molecule has 3 heterocycles. The summed E-state index contributed by atoms with van der Waals surface area (Å²) in [5.41, 5.74) is 4.59. The molecule has 4 aromatic rings. The highest BCUT2D eigenvalue weighted by Crippen LogP contribution is 2.28. The van der Waals surface area contributed by atoms with Crippen molar-refractivity contribution in [1.82, 2.24) is 14.6 Å². The maximum Gasteiger partial charge on any atom is 0.356 e. The number of ketones is 1. The Hall–Kier alpha value is -3.80. The molecule has 29 heavy (non-hydrogen) atoms. The summed E-state index contributed by atoms with van der Waals surface area (Å²) in [6, 6.07) is 16.6. The Kier molecular flexibility index (Phi) is 4.68. The first-order chi connectivity index (χ1) is 14.0. The fourth-order valence-electron chi connectivity index (χ4n) is 3.29. The number of methoxy groups -OCH3 is 1. The lowest BCUT2D eigenvalue weighted by Crippen LogP contribution is -2.11. The van der Waals surface area contributed by atoms with Crippen LogP contribution in [0.3, 0.4) is 0 Å². The van der Waals surface area contributed by atoms with Gasteiger partial charge < -0.3 is 4.74 Å². The number of hydrogen-bond acceptors (Lipinski definition) is 5. The summed E-state index contributed by atoms with van der Waals surface area (Å²) in [6.07, 6.45) is 1.88. The fraction of sp³-hybridized carbons (Fsp3) is 0.130. The van der Waals surface area contributed by atoms with E-state index in [0.29, 0.717) is 16.8 Å². The van der Waals surface area contributed by atoms with Crippen LogP contribution in [0.25, 0.3) is 16.8 Å². The smallest absolute Gasteiger partial charge is 0.356 e. The average Bonchev–Trinajstić information content (AvgIpc) is 3.11. The molecule has 4 rings (SSSR count). The van der Waals surface area contributed by atoms with Gasteiger partial charge in [-0.25, -0.2) is 14.3 Å². The maximum absolute atomic E-state index is 13.5. The van der Waals surface area contributed by atoms with E-state index in [0.717, 1.165) is 16.7 Å². The highest BCUT2D eigenvalue weighted by molar-refractivity contribution is 6.16. The third-order valence-corrected chi connectivity index (χ3v) is 4.65. The van der Waals surface area contributed by atoms with Crippen LogP contribution in [0.1, 0.15) is 37.7 Å². The number of carbonyl (C=O) groups is 2. The zero-order valence-electron chi connectivity index (χ0n) is 16.3. The highest BCUT2D eigenvalue weighted by atomic mass is 16.5. The molecule has 0 fully saturated rings. The predicted molar refractivity (Wildman–Crippen MR) is 109 cm³/mol. The number of fused-ring (bicyclic) bond motifs is 1. The summed E-state index contributed by atoms with van der Waals surface area (Å²) in [4.78, 5) is 29.8. The number of rotatable bonds is 4. The predicted octanol–water partition coefficient (Wildman–Crippen LogP) is 4.03. The number of ether oxygens (including phenoxy) is 1. The van der Waals surface area contributed by atoms with Gasteiger partial charge in [-0.15, -0.1) is 0 Å². The fourth-order valence-corrected chi connectivity index (χ4v) is 3.29. The number of carbonyl (C=O) groups excluding carboxylic acids is 2. The molecule has 1 aromatic carbocycles. The Morgan fingerprint density at radius 3 is 2.38 bits per heavy atom. The van der Waals surface area contributed by atoms with Crippen molar-refractivity contribution in [2.24, 2.45) is 0 Å². The van der Waals surface area contributed by atoms with E-state index in [-0.39, 0.29) is 17.2 Å². The van der Waals surface area contributed by atoms with Crippen LogP contribution in [0.5, 0.6) is 0 Å². The first kappa shape index (κ1) is 18.6. The number of nitrogens with zero attached hydrogens (tertiary/aromatic N) is 3. The van der Waals surface area contributed by atoms with Gasteiger partial charge in [0.15, 0.2) is 0 Å². The number of aromatic nitrogens is 3. The van der Waals surface area contributed by atoms with Crippen molar-refractivity contribution in [1.29, 1.82) is 0 Å². The first-order valence-electron chi connectivity index (χ1n) is 9.14. The second-order valence-electron chi connectivity index (χ2n) is 6.86. The van der Waals surface area contributed by atoms with Gasteiger partial charge in [-0.2, -0.15) is 5.10 Å². The number of esters is 1. The zero-order chi connectivity index (χ0) is 20.5. The van der Waals surface area contributed by atoms with Crippen molar-refractivity contribution in [2.45, 2.75) is 13.8 Å². The van der Waals surface area contributed by atoms with Crippen LogP contribution in [-0.2, 0) is 4.74 Å². The third kappa shape index (κ3) is 3.40. The lowest BCUT2D eigenvalue weighted by atomic mass is 10.00. The van der Waals surface area contributed by atoms with E-state index in [2.05, 4.69) is 10.1 Å². The van der Waals surface area contributed by atoms with Crippen LogP contribution in [0.15, 0.2) is 60.8 Å². The average molecular weight is 385 g/mol. The van der Waals surface area contributed by atoms with Crippen LogP contribution in [0.4, 0.5) is 0 Å². The SMILES string of the molecule is COC(=O)c1cc(C)cc(C(=O)c2c(-c3ccccc3)nn3cc(C)ccc23)n1. The quantitative estimate of drug-likeness (QED) is 0.392. The third-order valence-electron chi connectivity index (χ3n) is 4.65. The molecule has 3 aromatic heterocycles. The van der Waals surface area contributed by atoms with Gasteiger partial charge in [0.2, 0.25) is 5.78 Å². The summed E-state index contributed by atoms with van der Waals surface area (Å²) in [5.74, 6) is -0.877. The molecule has 0 radical (unpaired) electrons. The largest absolute Gasteiger partial charge is 0.464 e. The second-order valence-corrected chi connectivity index (χ2v) is 6.86. The van der Waals surface area contributed by atoms with E-state index in [4.69, 9.17) is 4.74 Å². The highest BCUT2D eigenvalue weighted by Gasteiger charge is 2.24. The van der Waals surface area contributed by atoms with Gasteiger partial charge in [0, 0.05) is 11.8 Å². The summed E-state index contributed by atoms with van der Waals surface area (Å²) < 4.78 is 6.47. The van der Waals surface area contributed by atoms with Gasteiger partial charge in [0.25, 0.3) is 0 Å². The van der Waals surface area contributed by atoms with E-state index in [9.17, 15) is 9.59 Å². The lowest BCUT2D eigenvalue weighted by molar-refractivity contribution is 0.0594. The molecule has 0 spiro atoms. The minimum absolute atomic E-state index is 0.101. The Labute approximate surface area is 167 Å². The van der Waals surface area contributed by atoms with Crippen molar-refractivity contribution in [3.8, 4) is 11.3 Å². The van der Waals surface area contributed by atoms with Crippen LogP contribution in [0.2, 0.25) is 0 Å². The van der Waals surface area contributed by atoms with Crippen molar-refractivity contribution >= 4 is 17.3 Å². The Balaban J connectivity index is 1.95. The lowest BCUT2D eigenvalue weighted by Gasteiger charge is -2.06. The van der Waals surface area contributed by atoms with Crippen LogP contribution in [-0.4, -0.2) is 33.5 Å². The molecule has 0 saturated carbocycles. The van der Waals surface area contributed by atoms with Gasteiger partial charge in [0.05, 0.1) is 18.2 Å². The van der Waals surface area contributed by atoms with Gasteiger partial charge in [-0.1, -0.05) is 36.4 Å². The Morgan fingerprint density at radius 2 is 1.66 bits per heavy atom. The molecule has 0 aliphatic heterocycles. The zero-order valence-corrected chi connectivity index (χ0v) is 16.3. The molecule has 0 atom stereocenters. The monoisotopic (exact) mass is 385 g/mol. The molecular weight excluding hydrogens is 366 g/mol. The molecule has 0 bridgehead atoms. The van der Waals surface area contributed by atoms with E-state index in [1.165, 1.54) is 7.11 Å². The minimum atomic E-state index is -0.582. The number of pyridine rings is 2. The van der Waals surface area contributed by atoms with Crippen molar-refractivity contribution < 1.29 is 14.3 Å². The molecule has 0 N–H and O–H groups in total. The molecule has 0 aliphatic carbocycles. The minimum Gasteiger partial charge on any atom is -0.464 e. The standard InChI is InChI=1S/C23H19N3O3/c1-14-9-10-19-20(21(25-26(19)13-14)16-7-5-4-6-8-16)22(27)17-11-15(2)12-18(24-17)23(28)29-3/h4-13H,1-3H3. The summed E-state index contributed by atoms with van der Waals surface area (Å²) in [6.45, 7) is 3.78. The van der Waals surface area contributed by atoms with Gasteiger partial charge in [0.1, 0.15) is 17.1 Å². The molecule has 0 amide bonds. The van der Waals surface area contributed by atoms with E-state index < -0.39 is 5.97 Å². The molecule has 0 unspecified atom stereocenters. The first-order valence-corrected chi connectivity index (χ1v) is 9.14.